The third-order valence-electron chi connectivity index (χ3n) is 2.55. The first-order valence-corrected chi connectivity index (χ1v) is 5.57. The smallest absolute Gasteiger partial charge is 0.0652 e. The van der Waals surface area contributed by atoms with Gasteiger partial charge in [0.25, 0.3) is 0 Å². The van der Waals surface area contributed by atoms with E-state index in [0.29, 0.717) is 16.1 Å². The van der Waals surface area contributed by atoms with E-state index in [0.717, 1.165) is 18.5 Å². The Hall–Kier alpha value is -0.310. The van der Waals surface area contributed by atoms with Crippen molar-refractivity contribution in [1.82, 2.24) is 10.3 Å². The molecule has 1 aliphatic rings. The van der Waals surface area contributed by atoms with Crippen molar-refractivity contribution in [2.24, 2.45) is 0 Å². The van der Waals surface area contributed by atoms with Gasteiger partial charge in [-0.3, -0.25) is 4.98 Å². The van der Waals surface area contributed by atoms with E-state index in [1.807, 2.05) is 0 Å². The number of hydrogen-bond donors (Lipinski definition) is 1. The molecular weight excluding hydrogens is 219 g/mol. The van der Waals surface area contributed by atoms with E-state index in [9.17, 15) is 0 Å². The number of nitrogens with one attached hydrogen (secondary N) is 1. The molecule has 0 aromatic carbocycles. The Kier molecular flexibility index (Phi) is 3.26. The van der Waals surface area contributed by atoms with Crippen LogP contribution in [0.3, 0.4) is 0 Å². The second-order valence-electron chi connectivity index (χ2n) is 3.52. The lowest BCUT2D eigenvalue weighted by Crippen LogP contribution is -2.27. The van der Waals surface area contributed by atoms with Crippen LogP contribution in [0.4, 0.5) is 0 Å². The fourth-order valence-electron chi connectivity index (χ4n) is 1.85. The van der Waals surface area contributed by atoms with Crippen molar-refractivity contribution in [2.45, 2.75) is 25.3 Å². The molecule has 0 saturated carbocycles. The van der Waals surface area contributed by atoms with Gasteiger partial charge in [-0.15, -0.1) is 0 Å². The fraction of sp³-hybridized carbons (Fsp3) is 0.500. The Labute approximate surface area is 93.6 Å². The monoisotopic (exact) mass is 230 g/mol. The van der Waals surface area contributed by atoms with Crippen LogP contribution < -0.4 is 5.32 Å². The van der Waals surface area contributed by atoms with Gasteiger partial charge in [0.2, 0.25) is 0 Å². The molecule has 1 fully saturated rings. The summed E-state index contributed by atoms with van der Waals surface area (Å²) in [5.74, 6) is 0. The molecule has 0 bridgehead atoms. The van der Waals surface area contributed by atoms with Crippen molar-refractivity contribution < 1.29 is 0 Å². The van der Waals surface area contributed by atoms with Gasteiger partial charge in [0.1, 0.15) is 0 Å². The highest BCUT2D eigenvalue weighted by molar-refractivity contribution is 6.35. The van der Waals surface area contributed by atoms with Crippen molar-refractivity contribution in [3.05, 3.63) is 28.0 Å². The quantitative estimate of drug-likeness (QED) is 0.802. The van der Waals surface area contributed by atoms with Crippen LogP contribution in [-0.2, 0) is 0 Å². The molecule has 1 unspecified atom stereocenters. The van der Waals surface area contributed by atoms with Gasteiger partial charge in [-0.25, -0.2) is 0 Å². The molecule has 2 rings (SSSR count). The summed E-state index contributed by atoms with van der Waals surface area (Å²) in [5.41, 5.74) is 1.00. The summed E-state index contributed by atoms with van der Waals surface area (Å²) in [4.78, 5) is 3.95. The lowest BCUT2D eigenvalue weighted by atomic mass is 9.98. The third-order valence-corrected chi connectivity index (χ3v) is 3.15. The van der Waals surface area contributed by atoms with Crippen molar-refractivity contribution in [3.63, 3.8) is 0 Å². The zero-order valence-corrected chi connectivity index (χ0v) is 9.28. The van der Waals surface area contributed by atoms with Crippen molar-refractivity contribution >= 4 is 23.2 Å². The number of pyridine rings is 1. The zero-order valence-electron chi connectivity index (χ0n) is 7.76. The predicted octanol–water partition coefficient (Wildman–Crippen LogP) is 3.20. The lowest BCUT2D eigenvalue weighted by molar-refractivity contribution is 0.412. The van der Waals surface area contributed by atoms with E-state index < -0.39 is 0 Å². The molecule has 0 aliphatic carbocycles. The second-order valence-corrected chi connectivity index (χ2v) is 4.33. The van der Waals surface area contributed by atoms with Gasteiger partial charge in [0.05, 0.1) is 10.0 Å². The minimum Gasteiger partial charge on any atom is -0.310 e. The van der Waals surface area contributed by atoms with E-state index in [-0.39, 0.29) is 0 Å². The number of aromatic nitrogens is 1. The Bertz CT molecular complexity index is 302. The number of nitrogens with zero attached hydrogens (tertiary/aromatic N) is 1. The molecule has 4 heteroatoms. The first-order chi connectivity index (χ1) is 6.79. The van der Waals surface area contributed by atoms with E-state index in [4.69, 9.17) is 23.2 Å². The average Bonchev–Trinajstić information content (AvgIpc) is 2.19. The summed E-state index contributed by atoms with van der Waals surface area (Å²) in [7, 11) is 0. The summed E-state index contributed by atoms with van der Waals surface area (Å²) < 4.78 is 0. The summed E-state index contributed by atoms with van der Waals surface area (Å²) >= 11 is 12.2. The van der Waals surface area contributed by atoms with Crippen LogP contribution in [0.25, 0.3) is 0 Å². The fourth-order valence-corrected chi connectivity index (χ4v) is 2.48. The maximum atomic E-state index is 6.08. The Morgan fingerprint density at radius 1 is 1.21 bits per heavy atom. The van der Waals surface area contributed by atoms with Crippen LogP contribution in [0.2, 0.25) is 10.0 Å². The first kappa shape index (κ1) is 10.2. The Balaban J connectivity index is 2.29. The van der Waals surface area contributed by atoms with Crippen molar-refractivity contribution in [3.8, 4) is 0 Å². The third kappa shape index (κ3) is 2.02. The molecule has 0 radical (unpaired) electrons. The van der Waals surface area contributed by atoms with Gasteiger partial charge in [-0.2, -0.15) is 0 Å². The van der Waals surface area contributed by atoms with Gasteiger partial charge < -0.3 is 5.32 Å². The molecule has 0 spiro atoms. The Morgan fingerprint density at radius 3 is 2.50 bits per heavy atom. The molecule has 14 heavy (non-hydrogen) atoms. The van der Waals surface area contributed by atoms with Gasteiger partial charge in [0.15, 0.2) is 0 Å². The van der Waals surface area contributed by atoms with Crippen LogP contribution in [-0.4, -0.2) is 11.5 Å². The second kappa shape index (κ2) is 4.47. The summed E-state index contributed by atoms with van der Waals surface area (Å²) in [5, 5.41) is 4.75. The molecule has 1 aromatic rings. The molecule has 0 amide bonds. The van der Waals surface area contributed by atoms with Crippen LogP contribution in [0, 0.1) is 0 Å². The van der Waals surface area contributed by atoms with Gasteiger partial charge >= 0.3 is 0 Å². The molecular formula is C10H12Cl2N2. The summed E-state index contributed by atoms with van der Waals surface area (Å²) in [6, 6.07) is 0.298. The number of hydrogen-bond acceptors (Lipinski definition) is 2. The lowest BCUT2D eigenvalue weighted by Gasteiger charge is -2.25. The summed E-state index contributed by atoms with van der Waals surface area (Å²) in [6.07, 6.45) is 6.87. The normalized spacial score (nSPS) is 22.3. The minimum absolute atomic E-state index is 0.298. The van der Waals surface area contributed by atoms with Crippen LogP contribution in [0.5, 0.6) is 0 Å². The standard InChI is InChI=1S/C10H12Cl2N2/c11-7-5-13-6-8(12)10(7)9-3-1-2-4-14-9/h5-6,9,14H,1-4H2. The molecule has 1 atom stereocenters. The van der Waals surface area contributed by atoms with E-state index in [1.165, 1.54) is 12.8 Å². The van der Waals surface area contributed by atoms with Gasteiger partial charge in [0, 0.05) is 24.0 Å². The number of piperidine rings is 1. The summed E-state index contributed by atoms with van der Waals surface area (Å²) in [6.45, 7) is 1.04. The maximum absolute atomic E-state index is 6.08. The zero-order chi connectivity index (χ0) is 9.97. The highest BCUT2D eigenvalue weighted by Gasteiger charge is 2.19. The Morgan fingerprint density at radius 2 is 1.93 bits per heavy atom. The molecule has 76 valence electrons. The molecule has 1 aromatic heterocycles. The molecule has 2 heterocycles. The van der Waals surface area contributed by atoms with Crippen LogP contribution in [0.15, 0.2) is 12.4 Å². The SMILES string of the molecule is Clc1cncc(Cl)c1C1CCCCN1. The van der Waals surface area contributed by atoms with E-state index in [2.05, 4.69) is 10.3 Å². The van der Waals surface area contributed by atoms with Gasteiger partial charge in [-0.1, -0.05) is 29.6 Å². The highest BCUT2D eigenvalue weighted by atomic mass is 35.5. The molecule has 1 N–H and O–H groups in total. The van der Waals surface area contributed by atoms with Crippen LogP contribution in [0.1, 0.15) is 30.9 Å². The molecule has 1 saturated heterocycles. The average molecular weight is 231 g/mol. The minimum atomic E-state index is 0.298. The van der Waals surface area contributed by atoms with E-state index in [1.54, 1.807) is 12.4 Å². The number of rotatable bonds is 1. The first-order valence-electron chi connectivity index (χ1n) is 4.81. The highest BCUT2D eigenvalue weighted by Crippen LogP contribution is 2.33. The van der Waals surface area contributed by atoms with Crippen LogP contribution >= 0.6 is 23.2 Å². The maximum Gasteiger partial charge on any atom is 0.0652 e. The molecule has 2 nitrogen and oxygen atoms in total. The topological polar surface area (TPSA) is 24.9 Å². The van der Waals surface area contributed by atoms with Gasteiger partial charge in [-0.05, 0) is 19.4 Å². The number of halogens is 2. The largest absolute Gasteiger partial charge is 0.310 e. The van der Waals surface area contributed by atoms with Crippen molar-refractivity contribution in [2.75, 3.05) is 6.54 Å². The van der Waals surface area contributed by atoms with Crippen molar-refractivity contribution in [1.29, 1.82) is 0 Å². The van der Waals surface area contributed by atoms with E-state index >= 15 is 0 Å². The molecule has 1 aliphatic heterocycles. The predicted molar refractivity (Wildman–Crippen MR) is 58.9 cm³/mol.